The third kappa shape index (κ3) is 3.81. The molecular weight excluding hydrogens is 254 g/mol. The first-order valence-corrected chi connectivity index (χ1v) is 7.27. The van der Waals surface area contributed by atoms with E-state index in [1.807, 2.05) is 25.1 Å². The van der Waals surface area contributed by atoms with Crippen molar-refractivity contribution in [3.05, 3.63) is 35.9 Å². The molecule has 0 radical (unpaired) electrons. The number of benzene rings is 1. The molecule has 0 aromatic heterocycles. The zero-order chi connectivity index (χ0) is 14.4. The predicted octanol–water partition coefficient (Wildman–Crippen LogP) is 1.47. The van der Waals surface area contributed by atoms with E-state index < -0.39 is 0 Å². The maximum absolute atomic E-state index is 12.5. The summed E-state index contributed by atoms with van der Waals surface area (Å²) >= 11 is 0. The zero-order valence-corrected chi connectivity index (χ0v) is 12.0. The van der Waals surface area contributed by atoms with E-state index in [0.29, 0.717) is 19.7 Å². The molecule has 1 saturated heterocycles. The average molecular weight is 277 g/mol. The molecule has 4 nitrogen and oxygen atoms in total. The Balaban J connectivity index is 1.94. The minimum atomic E-state index is -0.0580. The SMILES string of the molecule is CC1OCCC1C(=O)N(CCO)CCc1ccccc1. The van der Waals surface area contributed by atoms with Gasteiger partial charge in [0.05, 0.1) is 18.6 Å². The number of carbonyl (C=O) groups excluding carboxylic acids is 1. The second-order valence-electron chi connectivity index (χ2n) is 5.26. The maximum atomic E-state index is 12.5. The van der Waals surface area contributed by atoms with E-state index in [-0.39, 0.29) is 24.5 Å². The van der Waals surface area contributed by atoms with Crippen LogP contribution in [-0.2, 0) is 16.0 Å². The van der Waals surface area contributed by atoms with Crippen molar-refractivity contribution in [2.45, 2.75) is 25.9 Å². The van der Waals surface area contributed by atoms with Gasteiger partial charge in [-0.2, -0.15) is 0 Å². The molecule has 1 heterocycles. The van der Waals surface area contributed by atoms with Crippen LogP contribution in [0.15, 0.2) is 30.3 Å². The molecule has 0 aliphatic carbocycles. The number of hydrogen-bond donors (Lipinski definition) is 1. The summed E-state index contributed by atoms with van der Waals surface area (Å²) in [4.78, 5) is 14.3. The van der Waals surface area contributed by atoms with Crippen LogP contribution in [0.3, 0.4) is 0 Å². The van der Waals surface area contributed by atoms with Gasteiger partial charge in [-0.1, -0.05) is 30.3 Å². The van der Waals surface area contributed by atoms with E-state index in [4.69, 9.17) is 9.84 Å². The third-order valence-corrected chi connectivity index (χ3v) is 3.89. The van der Waals surface area contributed by atoms with Gasteiger partial charge in [0, 0.05) is 19.7 Å². The molecule has 1 aliphatic heterocycles. The number of ether oxygens (including phenoxy) is 1. The fourth-order valence-corrected chi connectivity index (χ4v) is 2.65. The molecule has 4 heteroatoms. The molecule has 0 spiro atoms. The highest BCUT2D eigenvalue weighted by molar-refractivity contribution is 5.79. The van der Waals surface area contributed by atoms with Crippen molar-refractivity contribution in [2.75, 3.05) is 26.3 Å². The third-order valence-electron chi connectivity index (χ3n) is 3.89. The van der Waals surface area contributed by atoms with Gasteiger partial charge < -0.3 is 14.7 Å². The van der Waals surface area contributed by atoms with Crippen LogP contribution in [0.1, 0.15) is 18.9 Å². The van der Waals surface area contributed by atoms with Gasteiger partial charge in [0.25, 0.3) is 0 Å². The molecule has 0 bridgehead atoms. The highest BCUT2D eigenvalue weighted by Gasteiger charge is 2.33. The average Bonchev–Trinajstić information content (AvgIpc) is 2.90. The molecule has 2 unspecified atom stereocenters. The summed E-state index contributed by atoms with van der Waals surface area (Å²) in [5.74, 6) is 0.0531. The minimum absolute atomic E-state index is 0.00247. The number of aliphatic hydroxyl groups is 1. The van der Waals surface area contributed by atoms with E-state index in [1.165, 1.54) is 5.56 Å². The Bertz CT molecular complexity index is 421. The van der Waals surface area contributed by atoms with Gasteiger partial charge in [0.2, 0.25) is 5.91 Å². The van der Waals surface area contributed by atoms with E-state index in [2.05, 4.69) is 12.1 Å². The lowest BCUT2D eigenvalue weighted by Crippen LogP contribution is -2.41. The van der Waals surface area contributed by atoms with Crippen LogP contribution < -0.4 is 0 Å². The Hall–Kier alpha value is -1.39. The minimum Gasteiger partial charge on any atom is -0.395 e. The molecule has 2 atom stereocenters. The molecule has 1 aromatic rings. The molecular formula is C16H23NO3. The summed E-state index contributed by atoms with van der Waals surface area (Å²) in [5.41, 5.74) is 1.21. The van der Waals surface area contributed by atoms with Crippen molar-refractivity contribution in [3.8, 4) is 0 Å². The van der Waals surface area contributed by atoms with Gasteiger partial charge in [0.1, 0.15) is 0 Å². The van der Waals surface area contributed by atoms with Crippen molar-refractivity contribution in [2.24, 2.45) is 5.92 Å². The topological polar surface area (TPSA) is 49.8 Å². The van der Waals surface area contributed by atoms with Crippen molar-refractivity contribution in [1.82, 2.24) is 4.90 Å². The van der Waals surface area contributed by atoms with Crippen molar-refractivity contribution in [3.63, 3.8) is 0 Å². The number of hydrogen-bond acceptors (Lipinski definition) is 3. The highest BCUT2D eigenvalue weighted by Crippen LogP contribution is 2.22. The molecule has 20 heavy (non-hydrogen) atoms. The largest absolute Gasteiger partial charge is 0.395 e. The molecule has 2 rings (SSSR count). The van der Waals surface area contributed by atoms with Crippen LogP contribution in [0, 0.1) is 5.92 Å². The highest BCUT2D eigenvalue weighted by atomic mass is 16.5. The lowest BCUT2D eigenvalue weighted by Gasteiger charge is -2.26. The summed E-state index contributed by atoms with van der Waals surface area (Å²) in [6, 6.07) is 10.1. The number of amides is 1. The quantitative estimate of drug-likeness (QED) is 0.857. The van der Waals surface area contributed by atoms with Crippen LogP contribution >= 0.6 is 0 Å². The Morgan fingerprint density at radius 2 is 2.10 bits per heavy atom. The predicted molar refractivity (Wildman–Crippen MR) is 77.3 cm³/mol. The van der Waals surface area contributed by atoms with Gasteiger partial charge in [-0.3, -0.25) is 4.79 Å². The van der Waals surface area contributed by atoms with E-state index in [0.717, 1.165) is 12.8 Å². The van der Waals surface area contributed by atoms with E-state index >= 15 is 0 Å². The van der Waals surface area contributed by atoms with Crippen molar-refractivity contribution in [1.29, 1.82) is 0 Å². The normalized spacial score (nSPS) is 21.9. The first kappa shape index (κ1) is 15.0. The number of carbonyl (C=O) groups is 1. The first-order valence-electron chi connectivity index (χ1n) is 7.27. The summed E-state index contributed by atoms with van der Waals surface area (Å²) in [6.07, 6.45) is 1.59. The summed E-state index contributed by atoms with van der Waals surface area (Å²) in [6.45, 7) is 3.65. The first-order chi connectivity index (χ1) is 9.72. The van der Waals surface area contributed by atoms with E-state index in [9.17, 15) is 4.79 Å². The molecule has 1 aliphatic rings. The second kappa shape index (κ2) is 7.41. The van der Waals surface area contributed by atoms with Crippen LogP contribution in [0.4, 0.5) is 0 Å². The smallest absolute Gasteiger partial charge is 0.228 e. The molecule has 1 aromatic carbocycles. The lowest BCUT2D eigenvalue weighted by molar-refractivity contribution is -0.137. The van der Waals surface area contributed by atoms with Gasteiger partial charge in [0.15, 0.2) is 0 Å². The van der Waals surface area contributed by atoms with E-state index in [1.54, 1.807) is 4.90 Å². The molecule has 1 fully saturated rings. The lowest BCUT2D eigenvalue weighted by atomic mass is 10.0. The molecule has 110 valence electrons. The Morgan fingerprint density at radius 3 is 2.70 bits per heavy atom. The Morgan fingerprint density at radius 1 is 1.35 bits per heavy atom. The van der Waals surface area contributed by atoms with Crippen molar-refractivity contribution >= 4 is 5.91 Å². The standard InChI is InChI=1S/C16H23NO3/c1-13-15(8-12-20-13)16(19)17(10-11-18)9-7-14-5-3-2-4-6-14/h2-6,13,15,18H,7-12H2,1H3. The number of nitrogens with zero attached hydrogens (tertiary/aromatic N) is 1. The Kier molecular flexibility index (Phi) is 5.56. The second-order valence-corrected chi connectivity index (χ2v) is 5.26. The summed E-state index contributed by atoms with van der Waals surface area (Å²) < 4.78 is 5.47. The molecule has 1 amide bonds. The zero-order valence-electron chi connectivity index (χ0n) is 12.0. The number of rotatable bonds is 6. The van der Waals surface area contributed by atoms with Crippen molar-refractivity contribution < 1.29 is 14.6 Å². The summed E-state index contributed by atoms with van der Waals surface area (Å²) in [7, 11) is 0. The Labute approximate surface area is 120 Å². The van der Waals surface area contributed by atoms with Crippen LogP contribution in [-0.4, -0.2) is 48.3 Å². The van der Waals surface area contributed by atoms with Gasteiger partial charge in [-0.25, -0.2) is 0 Å². The van der Waals surface area contributed by atoms with Gasteiger partial charge in [-0.15, -0.1) is 0 Å². The van der Waals surface area contributed by atoms with Gasteiger partial charge in [-0.05, 0) is 25.3 Å². The van der Waals surface area contributed by atoms with Crippen LogP contribution in [0.5, 0.6) is 0 Å². The summed E-state index contributed by atoms with van der Waals surface area (Å²) in [5, 5.41) is 9.17. The van der Waals surface area contributed by atoms with Crippen LogP contribution in [0.2, 0.25) is 0 Å². The fraction of sp³-hybridized carbons (Fsp3) is 0.562. The molecule has 0 saturated carbocycles. The van der Waals surface area contributed by atoms with Crippen LogP contribution in [0.25, 0.3) is 0 Å². The monoisotopic (exact) mass is 277 g/mol. The number of aliphatic hydroxyl groups excluding tert-OH is 1. The van der Waals surface area contributed by atoms with Gasteiger partial charge >= 0.3 is 0 Å². The molecule has 1 N–H and O–H groups in total. The maximum Gasteiger partial charge on any atom is 0.228 e. The fourth-order valence-electron chi connectivity index (χ4n) is 2.65.